The lowest BCUT2D eigenvalue weighted by atomic mass is 10.3. The molecular weight excluding hydrogens is 208 g/mol. The minimum Gasteiger partial charge on any atom is -0.489 e. The molecule has 0 saturated heterocycles. The van der Waals surface area contributed by atoms with Crippen molar-refractivity contribution in [2.24, 2.45) is 0 Å². The van der Waals surface area contributed by atoms with Crippen molar-refractivity contribution in [3.63, 3.8) is 0 Å². The summed E-state index contributed by atoms with van der Waals surface area (Å²) in [5.74, 6) is 0.350. The van der Waals surface area contributed by atoms with E-state index < -0.39 is 5.97 Å². The van der Waals surface area contributed by atoms with Crippen LogP contribution >= 0.6 is 0 Å². The summed E-state index contributed by atoms with van der Waals surface area (Å²) in [6.45, 7) is 4.00. The molecule has 1 rings (SSSR count). The van der Waals surface area contributed by atoms with Crippen molar-refractivity contribution >= 4 is 5.97 Å². The van der Waals surface area contributed by atoms with Crippen LogP contribution in [0.25, 0.3) is 0 Å². The molecule has 1 aromatic carbocycles. The Labute approximate surface area is 94.8 Å². The minimum atomic E-state index is -0.873. The van der Waals surface area contributed by atoms with E-state index in [1.165, 1.54) is 0 Å². The van der Waals surface area contributed by atoms with E-state index in [4.69, 9.17) is 14.6 Å². The van der Waals surface area contributed by atoms with E-state index in [1.54, 1.807) is 12.1 Å². The van der Waals surface area contributed by atoms with Gasteiger partial charge >= 0.3 is 5.97 Å². The second-order valence-electron chi connectivity index (χ2n) is 3.61. The smallest absolute Gasteiger partial charge is 0.306 e. The van der Waals surface area contributed by atoms with Crippen molar-refractivity contribution in [1.29, 1.82) is 0 Å². The van der Waals surface area contributed by atoms with Gasteiger partial charge in [-0.25, -0.2) is 0 Å². The van der Waals surface area contributed by atoms with Crippen molar-refractivity contribution in [2.45, 2.75) is 26.4 Å². The molecule has 0 aliphatic heterocycles. The molecule has 1 N–H and O–H groups in total. The van der Waals surface area contributed by atoms with Crippen molar-refractivity contribution in [1.82, 2.24) is 0 Å². The zero-order valence-electron chi connectivity index (χ0n) is 9.47. The van der Waals surface area contributed by atoms with E-state index in [1.807, 2.05) is 26.0 Å². The van der Waals surface area contributed by atoms with Crippen LogP contribution in [0, 0.1) is 0 Å². The highest BCUT2D eigenvalue weighted by molar-refractivity contribution is 5.66. The fraction of sp³-hybridized carbons (Fsp3) is 0.417. The van der Waals surface area contributed by atoms with Gasteiger partial charge in [-0.3, -0.25) is 4.79 Å². The highest BCUT2D eigenvalue weighted by atomic mass is 16.5. The number of para-hydroxylation sites is 2. The molecule has 0 aliphatic carbocycles. The van der Waals surface area contributed by atoms with Gasteiger partial charge in [0.2, 0.25) is 0 Å². The first-order valence-electron chi connectivity index (χ1n) is 5.20. The lowest BCUT2D eigenvalue weighted by molar-refractivity contribution is -0.137. The van der Waals surface area contributed by atoms with Crippen LogP contribution in [0.2, 0.25) is 0 Å². The molecule has 0 heterocycles. The first-order valence-corrected chi connectivity index (χ1v) is 5.20. The quantitative estimate of drug-likeness (QED) is 0.805. The third-order valence-corrected chi connectivity index (χ3v) is 1.79. The van der Waals surface area contributed by atoms with Gasteiger partial charge < -0.3 is 14.6 Å². The Morgan fingerprint density at radius 1 is 1.31 bits per heavy atom. The monoisotopic (exact) mass is 224 g/mol. The Morgan fingerprint density at radius 3 is 2.50 bits per heavy atom. The van der Waals surface area contributed by atoms with Gasteiger partial charge in [-0.15, -0.1) is 0 Å². The fourth-order valence-electron chi connectivity index (χ4n) is 1.17. The number of aliphatic carboxylic acids is 1. The molecule has 0 aromatic heterocycles. The zero-order chi connectivity index (χ0) is 12.0. The number of carboxylic acids is 1. The van der Waals surface area contributed by atoms with Gasteiger partial charge in [0, 0.05) is 0 Å². The second-order valence-corrected chi connectivity index (χ2v) is 3.61. The molecule has 0 fully saturated rings. The molecule has 4 nitrogen and oxygen atoms in total. The molecule has 0 atom stereocenters. The highest BCUT2D eigenvalue weighted by Gasteiger charge is 2.06. The average molecular weight is 224 g/mol. The molecule has 4 heteroatoms. The van der Waals surface area contributed by atoms with Gasteiger partial charge in [0.1, 0.15) is 0 Å². The maximum atomic E-state index is 10.3. The molecule has 0 bridgehead atoms. The lowest BCUT2D eigenvalue weighted by Gasteiger charge is -2.14. The summed E-state index contributed by atoms with van der Waals surface area (Å²) in [6.07, 6.45) is 0.0416. The first kappa shape index (κ1) is 12.4. The third-order valence-electron chi connectivity index (χ3n) is 1.79. The van der Waals surface area contributed by atoms with E-state index in [0.29, 0.717) is 11.5 Å². The molecular formula is C12H16O4. The van der Waals surface area contributed by atoms with E-state index in [-0.39, 0.29) is 19.1 Å². The summed E-state index contributed by atoms with van der Waals surface area (Å²) in [4.78, 5) is 10.3. The van der Waals surface area contributed by atoms with Crippen LogP contribution in [0.1, 0.15) is 20.3 Å². The van der Waals surface area contributed by atoms with Gasteiger partial charge in [-0.05, 0) is 26.0 Å². The molecule has 88 valence electrons. The van der Waals surface area contributed by atoms with E-state index in [9.17, 15) is 4.79 Å². The number of carbonyl (C=O) groups is 1. The Kier molecular flexibility index (Phi) is 4.64. The normalized spacial score (nSPS) is 10.2. The van der Waals surface area contributed by atoms with Crippen LogP contribution in [0.5, 0.6) is 11.5 Å². The SMILES string of the molecule is CC(C)Oc1ccccc1OCCC(=O)O. The maximum Gasteiger partial charge on any atom is 0.306 e. The second kappa shape index (κ2) is 6.00. The summed E-state index contributed by atoms with van der Waals surface area (Å²) >= 11 is 0. The molecule has 0 aliphatic rings. The molecule has 1 aromatic rings. The Hall–Kier alpha value is -1.71. The number of hydrogen-bond donors (Lipinski definition) is 1. The number of carboxylic acid groups (broad SMARTS) is 1. The Morgan fingerprint density at radius 2 is 1.94 bits per heavy atom. The molecule has 0 radical (unpaired) electrons. The molecule has 0 spiro atoms. The summed E-state index contributed by atoms with van der Waals surface area (Å²) < 4.78 is 10.9. The molecule has 0 amide bonds. The standard InChI is InChI=1S/C12H16O4/c1-9(2)16-11-6-4-3-5-10(11)15-8-7-12(13)14/h3-6,9H,7-8H2,1-2H3,(H,13,14). The predicted molar refractivity (Wildman–Crippen MR) is 60.0 cm³/mol. The average Bonchev–Trinajstić information content (AvgIpc) is 2.19. The summed E-state index contributed by atoms with van der Waals surface area (Å²) in [5, 5.41) is 8.49. The van der Waals surface area contributed by atoms with Gasteiger partial charge in [-0.1, -0.05) is 12.1 Å². The Bertz CT molecular complexity index is 347. The first-order chi connectivity index (χ1) is 7.59. The number of benzene rings is 1. The molecule has 0 unspecified atom stereocenters. The van der Waals surface area contributed by atoms with Crippen molar-refractivity contribution in [2.75, 3.05) is 6.61 Å². The maximum absolute atomic E-state index is 10.3. The van der Waals surface area contributed by atoms with Crippen molar-refractivity contribution in [3.8, 4) is 11.5 Å². The fourth-order valence-corrected chi connectivity index (χ4v) is 1.17. The topological polar surface area (TPSA) is 55.8 Å². The van der Waals surface area contributed by atoms with Gasteiger partial charge in [0.05, 0.1) is 19.1 Å². The third kappa shape index (κ3) is 4.21. The van der Waals surface area contributed by atoms with Crippen LogP contribution in [0.4, 0.5) is 0 Å². The van der Waals surface area contributed by atoms with Gasteiger partial charge in [-0.2, -0.15) is 0 Å². The van der Waals surface area contributed by atoms with E-state index >= 15 is 0 Å². The predicted octanol–water partition coefficient (Wildman–Crippen LogP) is 2.33. The zero-order valence-corrected chi connectivity index (χ0v) is 9.47. The molecule has 0 saturated carbocycles. The largest absolute Gasteiger partial charge is 0.489 e. The van der Waals surface area contributed by atoms with Gasteiger partial charge in [0.25, 0.3) is 0 Å². The van der Waals surface area contributed by atoms with Crippen LogP contribution < -0.4 is 9.47 Å². The number of hydrogen-bond acceptors (Lipinski definition) is 3. The summed E-state index contributed by atoms with van der Waals surface area (Å²) in [7, 11) is 0. The van der Waals surface area contributed by atoms with Crippen LogP contribution in [0.15, 0.2) is 24.3 Å². The van der Waals surface area contributed by atoms with Crippen LogP contribution in [0.3, 0.4) is 0 Å². The summed E-state index contributed by atoms with van der Waals surface area (Å²) in [6, 6.07) is 7.24. The highest BCUT2D eigenvalue weighted by Crippen LogP contribution is 2.27. The van der Waals surface area contributed by atoms with E-state index in [2.05, 4.69) is 0 Å². The molecule has 16 heavy (non-hydrogen) atoms. The van der Waals surface area contributed by atoms with Crippen LogP contribution in [-0.2, 0) is 4.79 Å². The minimum absolute atomic E-state index is 0.0178. The van der Waals surface area contributed by atoms with Crippen molar-refractivity contribution in [3.05, 3.63) is 24.3 Å². The van der Waals surface area contributed by atoms with Crippen LogP contribution in [-0.4, -0.2) is 23.8 Å². The van der Waals surface area contributed by atoms with E-state index in [0.717, 1.165) is 0 Å². The lowest BCUT2D eigenvalue weighted by Crippen LogP contribution is -2.09. The summed E-state index contributed by atoms with van der Waals surface area (Å²) in [5.41, 5.74) is 0. The number of ether oxygens (including phenoxy) is 2. The van der Waals surface area contributed by atoms with Gasteiger partial charge in [0.15, 0.2) is 11.5 Å². The van der Waals surface area contributed by atoms with Crippen molar-refractivity contribution < 1.29 is 19.4 Å². The number of rotatable bonds is 6. The Balaban J connectivity index is 2.60.